The lowest BCUT2D eigenvalue weighted by atomic mass is 10.1. The Hall–Kier alpha value is -2.16. The number of carbonyl (C=O) groups is 1. The second-order valence-corrected chi connectivity index (χ2v) is 4.84. The third-order valence-corrected chi connectivity index (χ3v) is 3.44. The van der Waals surface area contributed by atoms with E-state index in [1.165, 1.54) is 29.8 Å². The Morgan fingerprint density at radius 3 is 2.42 bits per heavy atom. The van der Waals surface area contributed by atoms with Gasteiger partial charge < -0.3 is 5.32 Å². The predicted molar refractivity (Wildman–Crippen MR) is 71.5 cm³/mol. The number of rotatable bonds is 3. The van der Waals surface area contributed by atoms with Crippen molar-refractivity contribution in [3.63, 3.8) is 0 Å². The molecule has 0 aromatic heterocycles. The Morgan fingerprint density at radius 2 is 1.74 bits per heavy atom. The molecule has 0 unspecified atom stereocenters. The van der Waals surface area contributed by atoms with Crippen molar-refractivity contribution < 1.29 is 9.18 Å². The van der Waals surface area contributed by atoms with E-state index in [4.69, 9.17) is 0 Å². The van der Waals surface area contributed by atoms with E-state index < -0.39 is 0 Å². The van der Waals surface area contributed by atoms with Crippen molar-refractivity contribution in [1.82, 2.24) is 5.32 Å². The maximum atomic E-state index is 12.8. The van der Waals surface area contributed by atoms with Crippen molar-refractivity contribution in [2.24, 2.45) is 0 Å². The van der Waals surface area contributed by atoms with Crippen LogP contribution in [0.25, 0.3) is 0 Å². The van der Waals surface area contributed by atoms with Gasteiger partial charge in [0, 0.05) is 17.5 Å². The number of hydrogen-bond donors (Lipinski definition) is 1. The second-order valence-electron chi connectivity index (χ2n) is 4.84. The van der Waals surface area contributed by atoms with Gasteiger partial charge in [0.2, 0.25) is 0 Å². The largest absolute Gasteiger partial charge is 0.349 e. The molecule has 0 saturated heterocycles. The summed E-state index contributed by atoms with van der Waals surface area (Å²) in [7, 11) is 0. The summed E-state index contributed by atoms with van der Waals surface area (Å²) >= 11 is 0. The highest BCUT2D eigenvalue weighted by molar-refractivity contribution is 5.94. The van der Waals surface area contributed by atoms with Crippen LogP contribution in [0.5, 0.6) is 0 Å². The molecule has 1 fully saturated rings. The zero-order valence-corrected chi connectivity index (χ0v) is 10.3. The molecule has 3 rings (SSSR count). The van der Waals surface area contributed by atoms with Gasteiger partial charge in [-0.1, -0.05) is 30.3 Å². The van der Waals surface area contributed by atoms with E-state index in [-0.39, 0.29) is 17.8 Å². The first-order valence-electron chi connectivity index (χ1n) is 6.35. The zero-order valence-electron chi connectivity index (χ0n) is 10.3. The van der Waals surface area contributed by atoms with Crippen LogP contribution in [-0.4, -0.2) is 11.9 Å². The number of nitrogens with one attached hydrogen (secondary N) is 1. The van der Waals surface area contributed by atoms with Gasteiger partial charge in [0.05, 0.1) is 0 Å². The fourth-order valence-corrected chi connectivity index (χ4v) is 2.28. The molecule has 0 heterocycles. The molecule has 2 aromatic carbocycles. The minimum absolute atomic E-state index is 0.136. The highest BCUT2D eigenvalue weighted by Crippen LogP contribution is 2.40. The van der Waals surface area contributed by atoms with Crippen molar-refractivity contribution in [3.8, 4) is 0 Å². The first-order chi connectivity index (χ1) is 9.24. The molecular formula is C16H14FNO. The number of halogens is 1. The van der Waals surface area contributed by atoms with Crippen molar-refractivity contribution in [2.75, 3.05) is 0 Å². The highest BCUT2D eigenvalue weighted by atomic mass is 19.1. The molecule has 0 bridgehead atoms. The maximum Gasteiger partial charge on any atom is 0.251 e. The fourth-order valence-electron chi connectivity index (χ4n) is 2.28. The number of carbonyl (C=O) groups excluding carboxylic acids is 1. The Kier molecular flexibility index (Phi) is 3.03. The van der Waals surface area contributed by atoms with Crippen LogP contribution in [0.3, 0.4) is 0 Å². The number of benzene rings is 2. The lowest BCUT2D eigenvalue weighted by molar-refractivity contribution is 0.0950. The normalized spacial score (nSPS) is 20.9. The molecule has 3 heteroatoms. The molecule has 2 atom stereocenters. The van der Waals surface area contributed by atoms with Crippen LogP contribution in [0.2, 0.25) is 0 Å². The molecule has 1 N–H and O–H groups in total. The molecule has 2 aromatic rings. The Bertz CT molecular complexity index is 579. The van der Waals surface area contributed by atoms with Gasteiger partial charge in [-0.15, -0.1) is 0 Å². The molecule has 1 aliphatic carbocycles. The van der Waals surface area contributed by atoms with Gasteiger partial charge in [0.1, 0.15) is 5.82 Å². The summed E-state index contributed by atoms with van der Waals surface area (Å²) in [5.74, 6) is -0.0563. The van der Waals surface area contributed by atoms with Crippen LogP contribution in [0.4, 0.5) is 4.39 Å². The fraction of sp³-hybridized carbons (Fsp3) is 0.188. The van der Waals surface area contributed by atoms with Gasteiger partial charge in [-0.25, -0.2) is 4.39 Å². The monoisotopic (exact) mass is 255 g/mol. The van der Waals surface area contributed by atoms with E-state index in [1.807, 2.05) is 18.2 Å². The molecule has 1 saturated carbocycles. The van der Waals surface area contributed by atoms with Gasteiger partial charge in [0.15, 0.2) is 0 Å². The third kappa shape index (κ3) is 2.65. The average Bonchev–Trinajstić information content (AvgIpc) is 3.20. The van der Waals surface area contributed by atoms with E-state index in [0.717, 1.165) is 6.42 Å². The molecule has 1 amide bonds. The van der Waals surface area contributed by atoms with E-state index in [0.29, 0.717) is 11.5 Å². The second kappa shape index (κ2) is 4.84. The summed E-state index contributed by atoms with van der Waals surface area (Å²) in [5.41, 5.74) is 1.76. The van der Waals surface area contributed by atoms with Crippen LogP contribution >= 0.6 is 0 Å². The smallest absolute Gasteiger partial charge is 0.251 e. The maximum absolute atomic E-state index is 12.8. The minimum Gasteiger partial charge on any atom is -0.349 e. The van der Waals surface area contributed by atoms with Gasteiger partial charge in [-0.2, -0.15) is 0 Å². The van der Waals surface area contributed by atoms with E-state index in [1.54, 1.807) is 0 Å². The van der Waals surface area contributed by atoms with Gasteiger partial charge in [-0.05, 0) is 36.2 Å². The molecule has 0 radical (unpaired) electrons. The molecule has 1 aliphatic rings. The Morgan fingerprint density at radius 1 is 1.05 bits per heavy atom. The average molecular weight is 255 g/mol. The SMILES string of the molecule is O=C(N[C@@H]1C[C@H]1c1ccccc1)c1ccc(F)cc1. The van der Waals surface area contributed by atoms with Gasteiger partial charge in [-0.3, -0.25) is 4.79 Å². The van der Waals surface area contributed by atoms with Gasteiger partial charge >= 0.3 is 0 Å². The summed E-state index contributed by atoms with van der Waals surface area (Å²) in [6, 6.07) is 16.0. The topological polar surface area (TPSA) is 29.1 Å². The summed E-state index contributed by atoms with van der Waals surface area (Å²) in [5, 5.41) is 2.98. The first kappa shape index (κ1) is 11.9. The Labute approximate surface area is 111 Å². The van der Waals surface area contributed by atoms with Crippen LogP contribution in [0, 0.1) is 5.82 Å². The summed E-state index contributed by atoms with van der Waals surface area (Å²) < 4.78 is 12.8. The predicted octanol–water partition coefficient (Wildman–Crippen LogP) is 3.11. The molecule has 0 spiro atoms. The third-order valence-electron chi connectivity index (χ3n) is 3.44. The van der Waals surface area contributed by atoms with Crippen molar-refractivity contribution in [3.05, 3.63) is 71.5 Å². The van der Waals surface area contributed by atoms with Crippen LogP contribution < -0.4 is 5.32 Å². The van der Waals surface area contributed by atoms with Crippen LogP contribution in [-0.2, 0) is 0 Å². The first-order valence-corrected chi connectivity index (χ1v) is 6.35. The minimum atomic E-state index is -0.329. The van der Waals surface area contributed by atoms with Crippen LogP contribution in [0.1, 0.15) is 28.3 Å². The molecular weight excluding hydrogens is 241 g/mol. The van der Waals surface area contributed by atoms with Crippen molar-refractivity contribution >= 4 is 5.91 Å². The number of amides is 1. The molecule has 96 valence electrons. The van der Waals surface area contributed by atoms with Crippen molar-refractivity contribution in [1.29, 1.82) is 0 Å². The molecule has 19 heavy (non-hydrogen) atoms. The summed E-state index contributed by atoms with van der Waals surface area (Å²) in [4.78, 5) is 11.9. The summed E-state index contributed by atoms with van der Waals surface area (Å²) in [6.45, 7) is 0. The number of hydrogen-bond acceptors (Lipinski definition) is 1. The zero-order chi connectivity index (χ0) is 13.2. The quantitative estimate of drug-likeness (QED) is 0.897. The van der Waals surface area contributed by atoms with Crippen LogP contribution in [0.15, 0.2) is 54.6 Å². The summed E-state index contributed by atoms with van der Waals surface area (Å²) in [6.07, 6.45) is 0.969. The lowest BCUT2D eigenvalue weighted by Crippen LogP contribution is -2.26. The van der Waals surface area contributed by atoms with E-state index in [2.05, 4.69) is 17.4 Å². The lowest BCUT2D eigenvalue weighted by Gasteiger charge is -2.05. The highest BCUT2D eigenvalue weighted by Gasteiger charge is 2.39. The van der Waals surface area contributed by atoms with E-state index in [9.17, 15) is 9.18 Å². The Balaban J connectivity index is 1.62. The molecule has 2 nitrogen and oxygen atoms in total. The standard InChI is InChI=1S/C16H14FNO/c17-13-8-6-12(7-9-13)16(19)18-15-10-14(15)11-4-2-1-3-5-11/h1-9,14-15H,10H2,(H,18,19)/t14-,15+/m0/s1. The van der Waals surface area contributed by atoms with Gasteiger partial charge in [0.25, 0.3) is 5.91 Å². The molecule has 0 aliphatic heterocycles. The van der Waals surface area contributed by atoms with Crippen molar-refractivity contribution in [2.45, 2.75) is 18.4 Å². The van der Waals surface area contributed by atoms with E-state index >= 15 is 0 Å².